The summed E-state index contributed by atoms with van der Waals surface area (Å²) in [6, 6.07) is 1.63. The number of aromatic nitrogens is 2. The molecule has 0 aromatic carbocycles. The molecule has 0 saturated carbocycles. The Labute approximate surface area is 101 Å². The Bertz CT molecular complexity index is 394. The van der Waals surface area contributed by atoms with Gasteiger partial charge in [0.15, 0.2) is 5.69 Å². The summed E-state index contributed by atoms with van der Waals surface area (Å²) in [5.41, 5.74) is 1.07. The molecule has 1 saturated heterocycles. The number of aromatic carboxylic acids is 1. The normalized spacial score (nSPS) is 17.2. The van der Waals surface area contributed by atoms with Crippen LogP contribution in [0.15, 0.2) is 6.07 Å². The minimum Gasteiger partial charge on any atom is -0.476 e. The second-order valence-corrected chi connectivity index (χ2v) is 4.68. The summed E-state index contributed by atoms with van der Waals surface area (Å²) in [7, 11) is 0. The van der Waals surface area contributed by atoms with Gasteiger partial charge >= 0.3 is 5.97 Å². The van der Waals surface area contributed by atoms with Gasteiger partial charge in [0.1, 0.15) is 0 Å². The molecule has 5 heteroatoms. The number of carbonyl (C=O) groups is 1. The summed E-state index contributed by atoms with van der Waals surface area (Å²) in [5.74, 6) is -0.207. The van der Waals surface area contributed by atoms with Crippen molar-refractivity contribution in [1.82, 2.24) is 15.1 Å². The average Bonchev–Trinajstić information content (AvgIpc) is 2.70. The molecule has 1 fully saturated rings. The van der Waals surface area contributed by atoms with Gasteiger partial charge in [0.2, 0.25) is 0 Å². The molecule has 0 unspecified atom stereocenters. The number of hydrogen-bond acceptors (Lipinski definition) is 3. The zero-order valence-corrected chi connectivity index (χ0v) is 10.1. The van der Waals surface area contributed by atoms with Crippen LogP contribution in [0.1, 0.15) is 35.4 Å². The summed E-state index contributed by atoms with van der Waals surface area (Å²) in [6.07, 6.45) is 3.52. The second-order valence-electron chi connectivity index (χ2n) is 4.68. The molecular weight excluding hydrogens is 218 g/mol. The number of hydrogen-bond donors (Lipinski definition) is 2. The van der Waals surface area contributed by atoms with Gasteiger partial charge in [-0.15, -0.1) is 0 Å². The van der Waals surface area contributed by atoms with E-state index in [4.69, 9.17) is 5.11 Å². The zero-order chi connectivity index (χ0) is 12.3. The summed E-state index contributed by atoms with van der Waals surface area (Å²) >= 11 is 0. The third kappa shape index (κ3) is 3.06. The van der Waals surface area contributed by atoms with E-state index in [0.29, 0.717) is 0 Å². The van der Waals surface area contributed by atoms with Gasteiger partial charge in [-0.25, -0.2) is 4.79 Å². The molecule has 0 atom stereocenters. The highest BCUT2D eigenvalue weighted by Gasteiger charge is 2.15. The van der Waals surface area contributed by atoms with E-state index < -0.39 is 5.97 Å². The first kappa shape index (κ1) is 12.1. The van der Waals surface area contributed by atoms with E-state index >= 15 is 0 Å². The molecule has 1 aromatic heterocycles. The fourth-order valence-corrected chi connectivity index (χ4v) is 2.32. The van der Waals surface area contributed by atoms with Gasteiger partial charge in [0.25, 0.3) is 0 Å². The van der Waals surface area contributed by atoms with Crippen LogP contribution in [0.4, 0.5) is 0 Å². The Morgan fingerprint density at radius 3 is 2.88 bits per heavy atom. The van der Waals surface area contributed by atoms with Crippen LogP contribution in [-0.4, -0.2) is 33.9 Å². The number of carboxylic acids is 1. The van der Waals surface area contributed by atoms with E-state index in [0.717, 1.165) is 37.7 Å². The molecule has 0 amide bonds. The number of nitrogens with one attached hydrogen (secondary N) is 1. The second kappa shape index (κ2) is 5.31. The highest BCUT2D eigenvalue weighted by Crippen LogP contribution is 2.17. The van der Waals surface area contributed by atoms with E-state index in [-0.39, 0.29) is 5.69 Å². The van der Waals surface area contributed by atoms with Gasteiger partial charge < -0.3 is 10.4 Å². The minimum absolute atomic E-state index is 0.146. The summed E-state index contributed by atoms with van der Waals surface area (Å²) in [4.78, 5) is 10.8. The molecule has 0 radical (unpaired) electrons. The lowest BCUT2D eigenvalue weighted by molar-refractivity contribution is 0.0689. The molecule has 17 heavy (non-hydrogen) atoms. The molecule has 2 rings (SSSR count). The van der Waals surface area contributed by atoms with Gasteiger partial charge in [-0.3, -0.25) is 4.68 Å². The molecule has 94 valence electrons. The summed E-state index contributed by atoms with van der Waals surface area (Å²) in [5, 5.41) is 16.3. The summed E-state index contributed by atoms with van der Waals surface area (Å²) in [6.45, 7) is 4.93. The van der Waals surface area contributed by atoms with Crippen LogP contribution in [-0.2, 0) is 6.54 Å². The predicted molar refractivity (Wildman–Crippen MR) is 64.1 cm³/mol. The zero-order valence-electron chi connectivity index (χ0n) is 10.1. The third-order valence-corrected chi connectivity index (χ3v) is 3.41. The van der Waals surface area contributed by atoms with Gasteiger partial charge in [-0.1, -0.05) is 0 Å². The van der Waals surface area contributed by atoms with E-state index in [9.17, 15) is 4.79 Å². The van der Waals surface area contributed by atoms with Crippen LogP contribution in [0.2, 0.25) is 0 Å². The highest BCUT2D eigenvalue weighted by atomic mass is 16.4. The Morgan fingerprint density at radius 2 is 2.29 bits per heavy atom. The third-order valence-electron chi connectivity index (χ3n) is 3.41. The number of piperidine rings is 1. The number of carboxylic acid groups (broad SMARTS) is 1. The maximum absolute atomic E-state index is 10.8. The van der Waals surface area contributed by atoms with Crippen LogP contribution in [0, 0.1) is 12.8 Å². The Hall–Kier alpha value is -1.36. The smallest absolute Gasteiger partial charge is 0.356 e. The van der Waals surface area contributed by atoms with E-state index in [1.165, 1.54) is 12.8 Å². The number of rotatable bonds is 4. The van der Waals surface area contributed by atoms with Crippen LogP contribution < -0.4 is 5.32 Å². The van der Waals surface area contributed by atoms with Crippen LogP contribution in [0.3, 0.4) is 0 Å². The van der Waals surface area contributed by atoms with Crippen molar-refractivity contribution in [2.45, 2.75) is 32.7 Å². The highest BCUT2D eigenvalue weighted by molar-refractivity contribution is 5.85. The van der Waals surface area contributed by atoms with Gasteiger partial charge in [0, 0.05) is 12.2 Å². The van der Waals surface area contributed by atoms with Crippen molar-refractivity contribution >= 4 is 5.97 Å². The van der Waals surface area contributed by atoms with Crippen molar-refractivity contribution in [3.8, 4) is 0 Å². The minimum atomic E-state index is -0.950. The molecule has 0 spiro atoms. The maximum Gasteiger partial charge on any atom is 0.356 e. The lowest BCUT2D eigenvalue weighted by Crippen LogP contribution is -2.28. The number of aryl methyl sites for hydroxylation is 2. The van der Waals surface area contributed by atoms with E-state index in [1.807, 2.05) is 11.6 Å². The topological polar surface area (TPSA) is 67.1 Å². The Morgan fingerprint density at radius 1 is 1.59 bits per heavy atom. The Kier molecular flexibility index (Phi) is 3.78. The van der Waals surface area contributed by atoms with Gasteiger partial charge in [0.05, 0.1) is 0 Å². The Balaban J connectivity index is 1.91. The van der Waals surface area contributed by atoms with Crippen molar-refractivity contribution in [1.29, 1.82) is 0 Å². The van der Waals surface area contributed by atoms with Gasteiger partial charge in [-0.2, -0.15) is 5.10 Å². The summed E-state index contributed by atoms with van der Waals surface area (Å²) < 4.78 is 1.81. The van der Waals surface area contributed by atoms with Crippen molar-refractivity contribution in [2.24, 2.45) is 5.92 Å². The van der Waals surface area contributed by atoms with Crippen LogP contribution in [0.5, 0.6) is 0 Å². The van der Waals surface area contributed by atoms with Crippen LogP contribution >= 0.6 is 0 Å². The first-order valence-electron chi connectivity index (χ1n) is 6.15. The monoisotopic (exact) mass is 237 g/mol. The molecule has 1 aliphatic heterocycles. The molecule has 2 N–H and O–H groups in total. The lowest BCUT2D eigenvalue weighted by Gasteiger charge is -2.22. The molecule has 0 aliphatic carbocycles. The SMILES string of the molecule is Cc1cc(C(=O)O)nn1CCC1CCNCC1. The average molecular weight is 237 g/mol. The molecule has 1 aromatic rings. The lowest BCUT2D eigenvalue weighted by atomic mass is 9.95. The van der Waals surface area contributed by atoms with E-state index in [2.05, 4.69) is 10.4 Å². The quantitative estimate of drug-likeness (QED) is 0.827. The van der Waals surface area contributed by atoms with Crippen LogP contribution in [0.25, 0.3) is 0 Å². The number of nitrogens with zero attached hydrogens (tertiary/aromatic N) is 2. The molecular formula is C12H19N3O2. The standard InChI is InChI=1S/C12H19N3O2/c1-9-8-11(12(16)17)14-15(9)7-4-10-2-5-13-6-3-10/h8,10,13H,2-7H2,1H3,(H,16,17). The van der Waals surface area contributed by atoms with Crippen molar-refractivity contribution in [3.05, 3.63) is 17.5 Å². The molecule has 5 nitrogen and oxygen atoms in total. The first-order chi connectivity index (χ1) is 8.16. The largest absolute Gasteiger partial charge is 0.476 e. The fourth-order valence-electron chi connectivity index (χ4n) is 2.32. The van der Waals surface area contributed by atoms with Crippen molar-refractivity contribution in [3.63, 3.8) is 0 Å². The van der Waals surface area contributed by atoms with Gasteiger partial charge in [-0.05, 0) is 51.3 Å². The molecule has 0 bridgehead atoms. The molecule has 2 heterocycles. The van der Waals surface area contributed by atoms with Crippen molar-refractivity contribution < 1.29 is 9.90 Å². The first-order valence-corrected chi connectivity index (χ1v) is 6.15. The maximum atomic E-state index is 10.8. The van der Waals surface area contributed by atoms with E-state index in [1.54, 1.807) is 6.07 Å². The fraction of sp³-hybridized carbons (Fsp3) is 0.667. The predicted octanol–water partition coefficient (Wildman–Crippen LogP) is 1.28. The molecule has 1 aliphatic rings. The van der Waals surface area contributed by atoms with Crippen molar-refractivity contribution in [2.75, 3.05) is 13.1 Å².